The Labute approximate surface area is 135 Å². The zero-order valence-electron chi connectivity index (χ0n) is 11.0. The summed E-state index contributed by atoms with van der Waals surface area (Å²) in [6.07, 6.45) is -0.0326. The Hall–Kier alpha value is -2.09. The molecule has 108 valence electrons. The monoisotopic (exact) mass is 396 g/mol. The quantitative estimate of drug-likeness (QED) is 0.692. The zero-order chi connectivity index (χ0) is 15.2. The second-order valence-corrected chi connectivity index (χ2v) is 5.60. The Morgan fingerprint density at radius 3 is 1.86 bits per heavy atom. The van der Waals surface area contributed by atoms with Crippen molar-refractivity contribution in [3.63, 3.8) is 0 Å². The predicted octanol–water partition coefficient (Wildman–Crippen LogP) is 3.56. The molecule has 0 aliphatic heterocycles. The van der Waals surface area contributed by atoms with Gasteiger partial charge in [0, 0.05) is 14.9 Å². The molecule has 0 spiro atoms. The molecule has 0 atom stereocenters. The molecule has 2 aromatic rings. The number of urea groups is 1. The van der Waals surface area contributed by atoms with Crippen molar-refractivity contribution in [1.29, 1.82) is 0 Å². The molecular formula is C15H13IN2O3. The molecule has 2 rings (SSSR count). The lowest BCUT2D eigenvalue weighted by molar-refractivity contribution is -0.136. The molecule has 0 unspecified atom stereocenters. The van der Waals surface area contributed by atoms with Crippen LogP contribution in [0.1, 0.15) is 5.56 Å². The van der Waals surface area contributed by atoms with E-state index in [2.05, 4.69) is 33.2 Å². The smallest absolute Gasteiger partial charge is 0.323 e. The van der Waals surface area contributed by atoms with E-state index in [0.29, 0.717) is 16.9 Å². The van der Waals surface area contributed by atoms with E-state index >= 15 is 0 Å². The third kappa shape index (κ3) is 5.07. The van der Waals surface area contributed by atoms with Gasteiger partial charge in [0.25, 0.3) is 0 Å². The Kier molecular flexibility index (Phi) is 5.15. The van der Waals surface area contributed by atoms with Gasteiger partial charge in [0.15, 0.2) is 0 Å². The maximum atomic E-state index is 11.8. The van der Waals surface area contributed by atoms with Crippen LogP contribution in [-0.2, 0) is 11.2 Å². The first-order valence-corrected chi connectivity index (χ1v) is 7.25. The summed E-state index contributed by atoms with van der Waals surface area (Å²) in [6.45, 7) is 0. The van der Waals surface area contributed by atoms with Crippen LogP contribution < -0.4 is 10.6 Å². The van der Waals surface area contributed by atoms with Gasteiger partial charge in [-0.2, -0.15) is 0 Å². The first-order chi connectivity index (χ1) is 10.0. The van der Waals surface area contributed by atoms with E-state index in [9.17, 15) is 9.59 Å². The standard InChI is InChI=1S/C15H13IN2O3/c16-11-3-7-13(8-4-11)18-15(21)17-12-5-1-10(2-6-12)9-14(19)20/h1-8H,9H2,(H,19,20)(H2,17,18,21). The number of carbonyl (C=O) groups is 2. The fraction of sp³-hybridized carbons (Fsp3) is 0.0667. The number of halogens is 1. The second-order valence-electron chi connectivity index (χ2n) is 4.35. The second kappa shape index (κ2) is 7.07. The summed E-state index contributed by atoms with van der Waals surface area (Å²) in [4.78, 5) is 22.4. The van der Waals surface area contributed by atoms with Crippen LogP contribution >= 0.6 is 22.6 Å². The van der Waals surface area contributed by atoms with E-state index in [0.717, 1.165) is 3.57 Å². The lowest BCUT2D eigenvalue weighted by atomic mass is 10.1. The number of anilines is 2. The number of carboxylic acids is 1. The van der Waals surface area contributed by atoms with Gasteiger partial charge >= 0.3 is 12.0 Å². The van der Waals surface area contributed by atoms with Crippen LogP contribution in [0.3, 0.4) is 0 Å². The van der Waals surface area contributed by atoms with E-state index in [4.69, 9.17) is 5.11 Å². The van der Waals surface area contributed by atoms with Gasteiger partial charge in [0.05, 0.1) is 6.42 Å². The highest BCUT2D eigenvalue weighted by molar-refractivity contribution is 14.1. The number of hydrogen-bond donors (Lipinski definition) is 3. The van der Waals surface area contributed by atoms with Crippen LogP contribution in [0.15, 0.2) is 48.5 Å². The lowest BCUT2D eigenvalue weighted by Crippen LogP contribution is -2.19. The van der Waals surface area contributed by atoms with Crippen LogP contribution in [0.2, 0.25) is 0 Å². The fourth-order valence-corrected chi connectivity index (χ4v) is 2.07. The molecule has 5 nitrogen and oxygen atoms in total. The van der Waals surface area contributed by atoms with Crippen molar-refractivity contribution in [2.45, 2.75) is 6.42 Å². The predicted molar refractivity (Wildman–Crippen MR) is 89.6 cm³/mol. The third-order valence-corrected chi connectivity index (χ3v) is 3.39. The SMILES string of the molecule is O=C(O)Cc1ccc(NC(=O)Nc2ccc(I)cc2)cc1. The van der Waals surface area contributed by atoms with Crippen molar-refractivity contribution in [2.24, 2.45) is 0 Å². The van der Waals surface area contributed by atoms with E-state index in [1.807, 2.05) is 24.3 Å². The van der Waals surface area contributed by atoms with Crippen molar-refractivity contribution < 1.29 is 14.7 Å². The molecule has 3 N–H and O–H groups in total. The van der Waals surface area contributed by atoms with Gasteiger partial charge < -0.3 is 15.7 Å². The summed E-state index contributed by atoms with van der Waals surface area (Å²) in [6, 6.07) is 13.8. The molecule has 0 aliphatic rings. The van der Waals surface area contributed by atoms with E-state index < -0.39 is 5.97 Å². The van der Waals surface area contributed by atoms with Gasteiger partial charge in [-0.1, -0.05) is 12.1 Å². The summed E-state index contributed by atoms with van der Waals surface area (Å²) in [5.74, 6) is -0.882. The van der Waals surface area contributed by atoms with Crippen LogP contribution in [-0.4, -0.2) is 17.1 Å². The number of nitrogens with one attached hydrogen (secondary N) is 2. The summed E-state index contributed by atoms with van der Waals surface area (Å²) in [5.41, 5.74) is 1.99. The van der Waals surface area contributed by atoms with Gasteiger partial charge in [0.1, 0.15) is 0 Å². The van der Waals surface area contributed by atoms with E-state index in [1.165, 1.54) is 0 Å². The zero-order valence-corrected chi connectivity index (χ0v) is 13.1. The summed E-state index contributed by atoms with van der Waals surface area (Å²) >= 11 is 2.19. The Morgan fingerprint density at radius 2 is 1.38 bits per heavy atom. The summed E-state index contributed by atoms with van der Waals surface area (Å²) in [7, 11) is 0. The van der Waals surface area contributed by atoms with Crippen molar-refractivity contribution >= 4 is 46.0 Å². The molecule has 6 heteroatoms. The van der Waals surface area contributed by atoms with Gasteiger partial charge in [-0.05, 0) is 64.6 Å². The Balaban J connectivity index is 1.93. The molecule has 0 aliphatic carbocycles. The van der Waals surface area contributed by atoms with Crippen molar-refractivity contribution in [3.8, 4) is 0 Å². The normalized spacial score (nSPS) is 9.95. The van der Waals surface area contributed by atoms with Crippen LogP contribution in [0.4, 0.5) is 16.2 Å². The molecule has 0 saturated carbocycles. The highest BCUT2D eigenvalue weighted by Gasteiger charge is 2.04. The Bertz CT molecular complexity index is 639. The third-order valence-electron chi connectivity index (χ3n) is 2.67. The topological polar surface area (TPSA) is 78.4 Å². The fourth-order valence-electron chi connectivity index (χ4n) is 1.71. The molecule has 0 bridgehead atoms. The molecule has 0 aromatic heterocycles. The number of rotatable bonds is 4. The number of carboxylic acid groups (broad SMARTS) is 1. The molecule has 0 saturated heterocycles. The maximum Gasteiger partial charge on any atom is 0.323 e. The molecule has 2 amide bonds. The Morgan fingerprint density at radius 1 is 0.905 bits per heavy atom. The van der Waals surface area contributed by atoms with Gasteiger partial charge in [-0.15, -0.1) is 0 Å². The first-order valence-electron chi connectivity index (χ1n) is 6.17. The number of benzene rings is 2. The number of amides is 2. The van der Waals surface area contributed by atoms with Crippen molar-refractivity contribution in [2.75, 3.05) is 10.6 Å². The molecule has 0 radical (unpaired) electrons. The average Bonchev–Trinajstić information content (AvgIpc) is 2.43. The minimum atomic E-state index is -0.882. The van der Waals surface area contributed by atoms with Crippen LogP contribution in [0.25, 0.3) is 0 Å². The summed E-state index contributed by atoms with van der Waals surface area (Å²) < 4.78 is 1.09. The highest BCUT2D eigenvalue weighted by Crippen LogP contribution is 2.13. The van der Waals surface area contributed by atoms with Gasteiger partial charge in [-0.3, -0.25) is 4.79 Å². The first kappa shape index (κ1) is 15.3. The molecule has 21 heavy (non-hydrogen) atoms. The molecule has 0 heterocycles. The average molecular weight is 396 g/mol. The maximum absolute atomic E-state index is 11.8. The molecule has 2 aromatic carbocycles. The van der Waals surface area contributed by atoms with Crippen molar-refractivity contribution in [1.82, 2.24) is 0 Å². The molecular weight excluding hydrogens is 383 g/mol. The largest absolute Gasteiger partial charge is 0.481 e. The number of carbonyl (C=O) groups excluding carboxylic acids is 1. The van der Waals surface area contributed by atoms with Crippen molar-refractivity contribution in [3.05, 3.63) is 57.7 Å². The minimum absolute atomic E-state index is 0.0326. The highest BCUT2D eigenvalue weighted by atomic mass is 127. The van der Waals surface area contributed by atoms with Crippen LogP contribution in [0, 0.1) is 3.57 Å². The summed E-state index contributed by atoms with van der Waals surface area (Å²) in [5, 5.41) is 14.1. The van der Waals surface area contributed by atoms with E-state index in [1.54, 1.807) is 24.3 Å². The number of aliphatic carboxylic acids is 1. The number of hydrogen-bond acceptors (Lipinski definition) is 2. The molecule has 0 fully saturated rings. The van der Waals surface area contributed by atoms with Gasteiger partial charge in [-0.25, -0.2) is 4.79 Å². The van der Waals surface area contributed by atoms with Gasteiger partial charge in [0.2, 0.25) is 0 Å². The minimum Gasteiger partial charge on any atom is -0.481 e. The van der Waals surface area contributed by atoms with Crippen LogP contribution in [0.5, 0.6) is 0 Å². The van der Waals surface area contributed by atoms with E-state index in [-0.39, 0.29) is 12.5 Å². The lowest BCUT2D eigenvalue weighted by Gasteiger charge is -2.08.